The Hall–Kier alpha value is -3.04. The lowest BCUT2D eigenvalue weighted by Gasteiger charge is -2.33. The van der Waals surface area contributed by atoms with Crippen LogP contribution in [0.15, 0.2) is 12.1 Å². The maximum absolute atomic E-state index is 13.5. The molecule has 0 spiro atoms. The number of carbonyl (C=O) groups is 1. The molecular weight excluding hydrogens is 558 g/mol. The van der Waals surface area contributed by atoms with Gasteiger partial charge in [-0.1, -0.05) is 26.6 Å². The van der Waals surface area contributed by atoms with Crippen molar-refractivity contribution in [3.8, 4) is 17.6 Å². The quantitative estimate of drug-likeness (QED) is 0.263. The average molecular weight is 604 g/mol. The Labute approximate surface area is 255 Å². The van der Waals surface area contributed by atoms with Crippen molar-refractivity contribution in [3.63, 3.8) is 0 Å². The molecule has 11 heteroatoms. The maximum Gasteiger partial charge on any atom is 0.243 e. The third kappa shape index (κ3) is 5.66. The summed E-state index contributed by atoms with van der Waals surface area (Å²) in [6.07, 6.45) is 3.27. The zero-order chi connectivity index (χ0) is 30.7. The van der Waals surface area contributed by atoms with Gasteiger partial charge in [-0.25, -0.2) is 9.67 Å². The van der Waals surface area contributed by atoms with E-state index in [1.165, 1.54) is 17.7 Å². The average Bonchev–Trinajstić information content (AvgIpc) is 3.40. The Balaban J connectivity index is 1.33. The van der Waals surface area contributed by atoms with E-state index in [0.717, 1.165) is 61.1 Å². The van der Waals surface area contributed by atoms with Gasteiger partial charge in [-0.2, -0.15) is 10.4 Å². The molecule has 3 aromatic rings. The van der Waals surface area contributed by atoms with E-state index in [-0.39, 0.29) is 11.9 Å². The van der Waals surface area contributed by atoms with E-state index < -0.39 is 8.07 Å². The number of aryl methyl sites for hydroxylation is 1. The molecule has 230 valence electrons. The van der Waals surface area contributed by atoms with Crippen LogP contribution >= 0.6 is 0 Å². The number of nitriles is 1. The molecule has 3 heterocycles. The number of hydrogen-bond acceptors (Lipinski definition) is 7. The number of likely N-dealkylation sites (N-methyl/N-ethyl adjacent to an activating group) is 1. The highest BCUT2D eigenvalue weighted by Gasteiger charge is 2.54. The first-order valence-electron chi connectivity index (χ1n) is 15.6. The fraction of sp³-hybridized carbons (Fsp3) is 0.625. The summed E-state index contributed by atoms with van der Waals surface area (Å²) >= 11 is 0. The lowest BCUT2D eigenvalue weighted by atomic mass is 9.87. The van der Waals surface area contributed by atoms with Crippen molar-refractivity contribution in [2.45, 2.75) is 71.6 Å². The largest absolute Gasteiger partial charge is 0.379 e. The van der Waals surface area contributed by atoms with E-state index in [1.807, 2.05) is 30.7 Å². The molecule has 0 unspecified atom stereocenters. The third-order valence-corrected chi connectivity index (χ3v) is 11.6. The van der Waals surface area contributed by atoms with E-state index in [9.17, 15) is 10.1 Å². The van der Waals surface area contributed by atoms with Gasteiger partial charge in [0.15, 0.2) is 5.82 Å². The van der Waals surface area contributed by atoms with Gasteiger partial charge in [-0.05, 0) is 55.7 Å². The number of ether oxygens (including phenoxy) is 2. The van der Waals surface area contributed by atoms with Gasteiger partial charge >= 0.3 is 0 Å². The number of fused-ring (bicyclic) bond motifs is 3. The molecule has 1 saturated carbocycles. The number of benzene rings is 1. The van der Waals surface area contributed by atoms with Gasteiger partial charge in [-0.3, -0.25) is 9.69 Å². The predicted octanol–water partition coefficient (Wildman–Crippen LogP) is 4.43. The zero-order valence-electron chi connectivity index (χ0n) is 26.7. The summed E-state index contributed by atoms with van der Waals surface area (Å²) in [5.74, 6) is 1.42. The van der Waals surface area contributed by atoms with Gasteiger partial charge in [0.1, 0.15) is 18.5 Å². The highest BCUT2D eigenvalue weighted by Crippen LogP contribution is 2.60. The van der Waals surface area contributed by atoms with Crippen LogP contribution < -0.4 is 4.90 Å². The predicted molar refractivity (Wildman–Crippen MR) is 170 cm³/mol. The Bertz CT molecular complexity index is 1590. The van der Waals surface area contributed by atoms with Crippen molar-refractivity contribution >= 4 is 30.7 Å². The number of rotatable bonds is 9. The minimum Gasteiger partial charge on any atom is -0.379 e. The Morgan fingerprint density at radius 3 is 2.74 bits per heavy atom. The van der Waals surface area contributed by atoms with Crippen LogP contribution in [0.2, 0.25) is 25.7 Å². The normalized spacial score (nSPS) is 22.6. The minimum atomic E-state index is -1.18. The molecule has 0 N–H and O–H groups in total. The lowest BCUT2D eigenvalue weighted by molar-refractivity contribution is -0.124. The molecule has 6 rings (SSSR count). The summed E-state index contributed by atoms with van der Waals surface area (Å²) < 4.78 is 15.7. The summed E-state index contributed by atoms with van der Waals surface area (Å²) in [7, 11) is 2.55. The Morgan fingerprint density at radius 2 is 2.05 bits per heavy atom. The SMILES string of the molecule is C[C@@H](C(=O)N(C)c1cc2nc(-c3nn(COCC[Si](C)(C)C)c4c3C[C@@H]3C[C@]3(C)C4)n(C)c2cc1C#N)N1CCOCC1. The number of anilines is 1. The van der Waals surface area contributed by atoms with E-state index >= 15 is 0 Å². The molecule has 0 bridgehead atoms. The molecule has 3 aliphatic rings. The number of morpholine rings is 1. The molecule has 10 nitrogen and oxygen atoms in total. The lowest BCUT2D eigenvalue weighted by Crippen LogP contribution is -2.50. The fourth-order valence-corrected chi connectivity index (χ4v) is 7.51. The molecule has 1 saturated heterocycles. The van der Waals surface area contributed by atoms with Crippen LogP contribution in [0.3, 0.4) is 0 Å². The van der Waals surface area contributed by atoms with Gasteiger partial charge in [0.05, 0.1) is 41.5 Å². The van der Waals surface area contributed by atoms with Gasteiger partial charge in [0.2, 0.25) is 5.91 Å². The van der Waals surface area contributed by atoms with Gasteiger partial charge in [0.25, 0.3) is 0 Å². The first-order valence-corrected chi connectivity index (χ1v) is 19.3. The second-order valence-electron chi connectivity index (χ2n) is 14.2. The van der Waals surface area contributed by atoms with Crippen molar-refractivity contribution in [1.29, 1.82) is 5.26 Å². The number of amides is 1. The van der Waals surface area contributed by atoms with Crippen molar-refractivity contribution in [2.75, 3.05) is 44.9 Å². The van der Waals surface area contributed by atoms with Crippen LogP contribution in [0, 0.1) is 22.7 Å². The van der Waals surface area contributed by atoms with Crippen LogP contribution in [0.25, 0.3) is 22.6 Å². The van der Waals surface area contributed by atoms with Crippen molar-refractivity contribution in [3.05, 3.63) is 29.0 Å². The highest BCUT2D eigenvalue weighted by atomic mass is 28.3. The van der Waals surface area contributed by atoms with Crippen LogP contribution in [-0.4, -0.2) is 84.2 Å². The molecule has 0 radical (unpaired) electrons. The molecule has 2 aromatic heterocycles. The fourth-order valence-electron chi connectivity index (χ4n) is 6.76. The third-order valence-electron chi connectivity index (χ3n) is 9.91. The molecule has 1 amide bonds. The van der Waals surface area contributed by atoms with Gasteiger partial charge in [0, 0.05) is 53.1 Å². The van der Waals surface area contributed by atoms with Crippen LogP contribution in [0.4, 0.5) is 5.69 Å². The highest BCUT2D eigenvalue weighted by molar-refractivity contribution is 6.76. The second kappa shape index (κ2) is 11.1. The first kappa shape index (κ1) is 30.0. The molecule has 1 aromatic carbocycles. The number of nitrogens with zero attached hydrogens (tertiary/aromatic N) is 7. The standard InChI is InChI=1S/C32H45N7O3Si/c1-21(38-8-10-41-11-9-38)31(40)37(4)26-16-25-27(14-22(26)19-33)36(3)30(34-25)29-24-15-23-17-32(23,2)18-28(24)39(35-29)20-42-12-13-43(5,6)7/h14,16,21,23H,8-13,15,17-18,20H2,1-7H3/t21-,23+,32+/m0/s1. The van der Waals surface area contributed by atoms with Gasteiger partial charge < -0.3 is 18.9 Å². The van der Waals surface area contributed by atoms with E-state index in [4.69, 9.17) is 19.6 Å². The zero-order valence-corrected chi connectivity index (χ0v) is 27.7. The van der Waals surface area contributed by atoms with E-state index in [2.05, 4.69) is 42.2 Å². The Morgan fingerprint density at radius 1 is 1.30 bits per heavy atom. The summed E-state index contributed by atoms with van der Waals surface area (Å²) in [6, 6.07) is 6.87. The smallest absolute Gasteiger partial charge is 0.243 e. The van der Waals surface area contributed by atoms with Crippen molar-refractivity contribution in [1.82, 2.24) is 24.2 Å². The van der Waals surface area contributed by atoms with Crippen LogP contribution in [0.1, 0.15) is 37.1 Å². The summed E-state index contributed by atoms with van der Waals surface area (Å²) in [6.45, 7) is 15.3. The number of aromatic nitrogens is 4. The molecule has 2 fully saturated rings. The van der Waals surface area contributed by atoms with Crippen molar-refractivity contribution in [2.24, 2.45) is 18.4 Å². The van der Waals surface area contributed by atoms with Crippen LogP contribution in [-0.2, 0) is 40.9 Å². The summed E-state index contributed by atoms with van der Waals surface area (Å²) in [4.78, 5) is 22.3. The minimum absolute atomic E-state index is 0.0525. The molecule has 43 heavy (non-hydrogen) atoms. The molecule has 1 aliphatic heterocycles. The second-order valence-corrected chi connectivity index (χ2v) is 19.9. The van der Waals surface area contributed by atoms with Crippen LogP contribution in [0.5, 0.6) is 0 Å². The summed E-state index contributed by atoms with van der Waals surface area (Å²) in [5, 5.41) is 15.2. The summed E-state index contributed by atoms with van der Waals surface area (Å²) in [5.41, 5.74) is 6.42. The molecular formula is C32H45N7O3Si. The number of imidazole rings is 1. The molecule has 2 aliphatic carbocycles. The van der Waals surface area contributed by atoms with E-state index in [0.29, 0.717) is 42.5 Å². The maximum atomic E-state index is 13.5. The van der Waals surface area contributed by atoms with Crippen molar-refractivity contribution < 1.29 is 14.3 Å². The van der Waals surface area contributed by atoms with E-state index in [1.54, 1.807) is 11.9 Å². The Kier molecular flexibility index (Phi) is 7.78. The monoisotopic (exact) mass is 603 g/mol. The molecule has 3 atom stereocenters. The first-order chi connectivity index (χ1) is 20.4. The number of carbonyl (C=O) groups excluding carboxylic acids is 1. The topological polar surface area (TPSA) is 101 Å². The number of hydrogen-bond donors (Lipinski definition) is 0. The van der Waals surface area contributed by atoms with Gasteiger partial charge in [-0.15, -0.1) is 0 Å².